The fourth-order valence-corrected chi connectivity index (χ4v) is 3.16. The van der Waals surface area contributed by atoms with Crippen molar-refractivity contribution in [3.63, 3.8) is 0 Å². The van der Waals surface area contributed by atoms with Crippen LogP contribution in [0.3, 0.4) is 0 Å². The molecule has 2 aromatic carbocycles. The molecule has 8 nitrogen and oxygen atoms in total. The number of benzene rings is 2. The van der Waals surface area contributed by atoms with Gasteiger partial charge in [-0.2, -0.15) is 5.10 Å². The van der Waals surface area contributed by atoms with Crippen molar-refractivity contribution < 1.29 is 14.7 Å². The number of amides is 1. The number of aromatic nitrogens is 2. The van der Waals surface area contributed by atoms with E-state index in [0.29, 0.717) is 27.9 Å². The van der Waals surface area contributed by atoms with Gasteiger partial charge in [-0.05, 0) is 43.7 Å². The summed E-state index contributed by atoms with van der Waals surface area (Å²) >= 11 is 3.33. The van der Waals surface area contributed by atoms with E-state index in [-0.39, 0.29) is 5.75 Å². The first-order valence-electron chi connectivity index (χ1n) is 8.29. The first-order chi connectivity index (χ1) is 13.4. The molecule has 0 bridgehead atoms. The third-order valence-electron chi connectivity index (χ3n) is 3.91. The second-order valence-electron chi connectivity index (χ2n) is 6.00. The summed E-state index contributed by atoms with van der Waals surface area (Å²) in [5, 5.41) is 14.2. The van der Waals surface area contributed by atoms with Crippen LogP contribution in [0.15, 0.2) is 50.8 Å². The van der Waals surface area contributed by atoms with Crippen LogP contribution in [0.2, 0.25) is 0 Å². The zero-order valence-corrected chi connectivity index (χ0v) is 16.7. The third kappa shape index (κ3) is 4.20. The molecule has 0 saturated heterocycles. The van der Waals surface area contributed by atoms with E-state index < -0.39 is 18.1 Å². The Bertz CT molecular complexity index is 1140. The minimum absolute atomic E-state index is 0.0712. The molecule has 9 heteroatoms. The molecule has 0 fully saturated rings. The zero-order chi connectivity index (χ0) is 20.3. The Labute approximate surface area is 168 Å². The smallest absolute Gasteiger partial charge is 0.294 e. The van der Waals surface area contributed by atoms with Gasteiger partial charge in [0.25, 0.3) is 11.5 Å². The van der Waals surface area contributed by atoms with Crippen molar-refractivity contribution in [1.29, 1.82) is 0 Å². The number of halogens is 1. The normalized spacial score (nSPS) is 11.1. The van der Waals surface area contributed by atoms with Crippen molar-refractivity contribution in [1.82, 2.24) is 15.1 Å². The summed E-state index contributed by atoms with van der Waals surface area (Å²) in [4.78, 5) is 34.0. The first-order valence-corrected chi connectivity index (χ1v) is 9.09. The van der Waals surface area contributed by atoms with Crippen molar-refractivity contribution in [2.45, 2.75) is 13.8 Å². The van der Waals surface area contributed by atoms with E-state index in [1.807, 2.05) is 0 Å². The van der Waals surface area contributed by atoms with E-state index in [2.05, 4.69) is 31.4 Å². The lowest BCUT2D eigenvalue weighted by molar-refractivity contribution is -0.126. The van der Waals surface area contributed by atoms with Crippen molar-refractivity contribution >= 4 is 39.0 Å². The second-order valence-corrected chi connectivity index (χ2v) is 6.92. The lowest BCUT2D eigenvalue weighted by Gasteiger charge is -2.11. The van der Waals surface area contributed by atoms with Crippen LogP contribution in [-0.4, -0.2) is 33.5 Å². The maximum absolute atomic E-state index is 12.5. The average Bonchev–Trinajstić information content (AvgIpc) is 2.65. The largest absolute Gasteiger partial charge is 0.507 e. The van der Waals surface area contributed by atoms with Crippen molar-refractivity contribution in [3.05, 3.63) is 68.2 Å². The maximum Gasteiger partial charge on any atom is 0.294 e. The van der Waals surface area contributed by atoms with Gasteiger partial charge in [0.2, 0.25) is 0 Å². The number of aryl methyl sites for hydroxylation is 2. The lowest BCUT2D eigenvalue weighted by atomic mass is 10.1. The molecule has 0 atom stereocenters. The van der Waals surface area contributed by atoms with Gasteiger partial charge in [-0.15, -0.1) is 4.73 Å². The van der Waals surface area contributed by atoms with Gasteiger partial charge in [-0.1, -0.05) is 28.1 Å². The van der Waals surface area contributed by atoms with Crippen LogP contribution in [0.25, 0.3) is 10.9 Å². The standard InChI is InChI=1S/C19H17BrN4O4/c1-11-7-14(20)8-13(18(11)26)9-21-23-17(25)10-28-24-12(2)22-16-6-4-3-5-15(16)19(24)27/h3-9,26H,10H2,1-2H3,(H,23,25)/b21-9+. The number of nitrogens with zero attached hydrogens (tertiary/aromatic N) is 3. The molecule has 0 spiro atoms. The molecule has 1 amide bonds. The summed E-state index contributed by atoms with van der Waals surface area (Å²) in [5.41, 5.74) is 3.56. The van der Waals surface area contributed by atoms with Gasteiger partial charge in [0, 0.05) is 10.0 Å². The highest BCUT2D eigenvalue weighted by Gasteiger charge is 2.10. The molecule has 144 valence electrons. The van der Waals surface area contributed by atoms with Crippen molar-refractivity contribution in [3.8, 4) is 5.75 Å². The molecule has 0 aliphatic carbocycles. The van der Waals surface area contributed by atoms with Gasteiger partial charge in [0.1, 0.15) is 11.6 Å². The number of rotatable bonds is 5. The molecule has 1 heterocycles. The lowest BCUT2D eigenvalue weighted by Crippen LogP contribution is -2.35. The number of hydrogen-bond donors (Lipinski definition) is 2. The molecule has 0 unspecified atom stereocenters. The van der Waals surface area contributed by atoms with Crippen LogP contribution in [0.4, 0.5) is 0 Å². The van der Waals surface area contributed by atoms with Gasteiger partial charge < -0.3 is 9.94 Å². The summed E-state index contributed by atoms with van der Waals surface area (Å²) in [6.45, 7) is 2.94. The highest BCUT2D eigenvalue weighted by Crippen LogP contribution is 2.25. The zero-order valence-electron chi connectivity index (χ0n) is 15.1. The SMILES string of the molecule is Cc1cc(Br)cc(/C=N/NC(=O)COn2c(C)nc3ccccc3c2=O)c1O. The van der Waals surface area contributed by atoms with Crippen LogP contribution in [-0.2, 0) is 4.79 Å². The van der Waals surface area contributed by atoms with Crippen LogP contribution in [0, 0.1) is 13.8 Å². The highest BCUT2D eigenvalue weighted by molar-refractivity contribution is 9.10. The van der Waals surface area contributed by atoms with Crippen LogP contribution < -0.4 is 15.8 Å². The number of phenolic OH excluding ortho intramolecular Hbond substituents is 1. The van der Waals surface area contributed by atoms with Crippen molar-refractivity contribution in [2.75, 3.05) is 6.61 Å². The highest BCUT2D eigenvalue weighted by atomic mass is 79.9. The summed E-state index contributed by atoms with van der Waals surface area (Å²) in [6, 6.07) is 10.3. The topological polar surface area (TPSA) is 106 Å². The Morgan fingerprint density at radius 2 is 2.11 bits per heavy atom. The molecule has 0 aliphatic rings. The average molecular weight is 445 g/mol. The van der Waals surface area contributed by atoms with E-state index in [9.17, 15) is 14.7 Å². The summed E-state index contributed by atoms with van der Waals surface area (Å²) in [6.07, 6.45) is 1.32. The summed E-state index contributed by atoms with van der Waals surface area (Å²) in [7, 11) is 0. The quantitative estimate of drug-likeness (QED) is 0.462. The Hall–Kier alpha value is -3.20. The number of para-hydroxylation sites is 1. The number of aromatic hydroxyl groups is 1. The summed E-state index contributed by atoms with van der Waals surface area (Å²) < 4.78 is 1.76. The van der Waals surface area contributed by atoms with Gasteiger partial charge in [-0.25, -0.2) is 10.4 Å². The van der Waals surface area contributed by atoms with Crippen molar-refractivity contribution in [2.24, 2.45) is 5.10 Å². The number of carbonyl (C=O) groups is 1. The molecule has 2 N–H and O–H groups in total. The number of nitrogens with one attached hydrogen (secondary N) is 1. The number of carbonyl (C=O) groups excluding carboxylic acids is 1. The Morgan fingerprint density at radius 3 is 2.89 bits per heavy atom. The molecule has 28 heavy (non-hydrogen) atoms. The molecular formula is C19H17BrN4O4. The van der Waals surface area contributed by atoms with Gasteiger partial charge in [0.05, 0.1) is 17.1 Å². The van der Waals surface area contributed by atoms with E-state index >= 15 is 0 Å². The maximum atomic E-state index is 12.5. The van der Waals surface area contributed by atoms with E-state index in [4.69, 9.17) is 4.84 Å². The van der Waals surface area contributed by atoms with E-state index in [1.54, 1.807) is 50.2 Å². The number of hydrazone groups is 1. The van der Waals surface area contributed by atoms with Crippen LogP contribution in [0.1, 0.15) is 17.0 Å². The summed E-state index contributed by atoms with van der Waals surface area (Å²) in [5.74, 6) is -0.168. The fraction of sp³-hybridized carbons (Fsp3) is 0.158. The molecule has 0 radical (unpaired) electrons. The van der Waals surface area contributed by atoms with Gasteiger partial charge >= 0.3 is 0 Å². The molecular weight excluding hydrogens is 428 g/mol. The second kappa shape index (κ2) is 8.22. The van der Waals surface area contributed by atoms with E-state index in [0.717, 1.165) is 9.20 Å². The molecule has 0 aliphatic heterocycles. The monoisotopic (exact) mass is 444 g/mol. The van der Waals surface area contributed by atoms with Gasteiger partial charge in [0.15, 0.2) is 6.61 Å². The van der Waals surface area contributed by atoms with Crippen LogP contribution >= 0.6 is 15.9 Å². The fourth-order valence-electron chi connectivity index (χ4n) is 2.57. The molecule has 3 rings (SSSR count). The number of phenols is 1. The minimum atomic E-state index is -0.568. The Morgan fingerprint density at radius 1 is 1.36 bits per heavy atom. The Balaban J connectivity index is 1.67. The predicted octanol–water partition coefficient (Wildman–Crippen LogP) is 2.06. The first kappa shape index (κ1) is 19.6. The number of hydrogen-bond acceptors (Lipinski definition) is 6. The predicted molar refractivity (Wildman–Crippen MR) is 108 cm³/mol. The third-order valence-corrected chi connectivity index (χ3v) is 4.37. The molecule has 0 saturated carbocycles. The van der Waals surface area contributed by atoms with Crippen LogP contribution in [0.5, 0.6) is 5.75 Å². The number of fused-ring (bicyclic) bond motifs is 1. The molecule has 3 aromatic rings. The minimum Gasteiger partial charge on any atom is -0.507 e. The van der Waals surface area contributed by atoms with E-state index in [1.165, 1.54) is 6.21 Å². The molecule has 1 aromatic heterocycles. The van der Waals surface area contributed by atoms with Gasteiger partial charge in [-0.3, -0.25) is 9.59 Å². The Kier molecular flexibility index (Phi) is 5.74.